The van der Waals surface area contributed by atoms with Crippen LogP contribution in [0.2, 0.25) is 0 Å². The van der Waals surface area contributed by atoms with Gasteiger partial charge in [0, 0.05) is 50.8 Å². The molecule has 0 aromatic heterocycles. The molecular formula is C18H30BrIN4O. The van der Waals surface area contributed by atoms with Crippen molar-refractivity contribution in [3.63, 3.8) is 0 Å². The summed E-state index contributed by atoms with van der Waals surface area (Å²) in [6.07, 6.45) is 1.08. The molecule has 0 unspecified atom stereocenters. The Bertz CT molecular complexity index is 524. The Balaban J connectivity index is 0.00000312. The smallest absolute Gasteiger partial charge is 0.193 e. The van der Waals surface area contributed by atoms with Crippen molar-refractivity contribution in [1.29, 1.82) is 0 Å². The van der Waals surface area contributed by atoms with Crippen LogP contribution >= 0.6 is 39.9 Å². The molecule has 142 valence electrons. The Hall–Kier alpha value is -0.380. The highest BCUT2D eigenvalue weighted by Gasteiger charge is 2.10. The second-order valence-corrected chi connectivity index (χ2v) is 6.85. The van der Waals surface area contributed by atoms with Gasteiger partial charge < -0.3 is 15.0 Å². The molecule has 0 atom stereocenters. The van der Waals surface area contributed by atoms with Crippen molar-refractivity contribution in [2.24, 2.45) is 4.99 Å². The van der Waals surface area contributed by atoms with Crippen LogP contribution in [0.3, 0.4) is 0 Å². The van der Waals surface area contributed by atoms with E-state index in [0.717, 1.165) is 69.3 Å². The second-order valence-electron chi connectivity index (χ2n) is 5.99. The van der Waals surface area contributed by atoms with Gasteiger partial charge >= 0.3 is 0 Å². The number of aliphatic imine (C=N–C) groups is 1. The minimum absolute atomic E-state index is 0. The molecule has 1 N–H and O–H groups in total. The molecule has 1 aromatic rings. The quantitative estimate of drug-likeness (QED) is 0.257. The summed E-state index contributed by atoms with van der Waals surface area (Å²) in [5.41, 5.74) is 1.26. The van der Waals surface area contributed by atoms with Crippen LogP contribution in [-0.4, -0.2) is 68.7 Å². The summed E-state index contributed by atoms with van der Waals surface area (Å²) in [5, 5.41) is 3.39. The predicted molar refractivity (Wildman–Crippen MR) is 119 cm³/mol. The number of hydrogen-bond acceptors (Lipinski definition) is 3. The average Bonchev–Trinajstić information content (AvgIpc) is 2.60. The van der Waals surface area contributed by atoms with Gasteiger partial charge in [-0.3, -0.25) is 9.89 Å². The number of guanidine groups is 1. The average molecular weight is 525 g/mol. The molecule has 1 fully saturated rings. The van der Waals surface area contributed by atoms with Crippen LogP contribution in [0.4, 0.5) is 0 Å². The van der Waals surface area contributed by atoms with E-state index in [1.807, 2.05) is 6.07 Å². The molecule has 0 saturated carbocycles. The van der Waals surface area contributed by atoms with Crippen LogP contribution in [0.5, 0.6) is 0 Å². The fourth-order valence-electron chi connectivity index (χ4n) is 2.73. The van der Waals surface area contributed by atoms with Crippen molar-refractivity contribution in [1.82, 2.24) is 15.1 Å². The lowest BCUT2D eigenvalue weighted by atomic mass is 10.2. The van der Waals surface area contributed by atoms with E-state index in [-0.39, 0.29) is 24.0 Å². The molecule has 2 rings (SSSR count). The van der Waals surface area contributed by atoms with Gasteiger partial charge in [0.1, 0.15) is 0 Å². The molecule has 0 aliphatic carbocycles. The van der Waals surface area contributed by atoms with Gasteiger partial charge in [-0.1, -0.05) is 34.1 Å². The highest BCUT2D eigenvalue weighted by Crippen LogP contribution is 2.17. The van der Waals surface area contributed by atoms with Crippen molar-refractivity contribution in [2.75, 3.05) is 53.0 Å². The zero-order valence-electron chi connectivity index (χ0n) is 15.2. The zero-order chi connectivity index (χ0) is 17.2. The molecule has 0 spiro atoms. The summed E-state index contributed by atoms with van der Waals surface area (Å²) in [7, 11) is 2.09. The van der Waals surface area contributed by atoms with Gasteiger partial charge in [-0.2, -0.15) is 0 Å². The number of nitrogens with zero attached hydrogens (tertiary/aromatic N) is 3. The molecule has 0 radical (unpaired) electrons. The van der Waals surface area contributed by atoms with Gasteiger partial charge in [-0.05, 0) is 25.0 Å². The first-order chi connectivity index (χ1) is 11.7. The molecule has 1 saturated heterocycles. The molecule has 1 aliphatic heterocycles. The van der Waals surface area contributed by atoms with E-state index in [1.54, 1.807) is 0 Å². The largest absolute Gasteiger partial charge is 0.379 e. The van der Waals surface area contributed by atoms with Crippen LogP contribution in [0.1, 0.15) is 18.9 Å². The third-order valence-corrected chi connectivity index (χ3v) is 4.83. The number of benzene rings is 1. The molecule has 0 bridgehead atoms. The highest BCUT2D eigenvalue weighted by molar-refractivity contribution is 14.0. The van der Waals surface area contributed by atoms with Gasteiger partial charge in [0.25, 0.3) is 0 Å². The van der Waals surface area contributed by atoms with E-state index in [0.29, 0.717) is 0 Å². The van der Waals surface area contributed by atoms with Crippen molar-refractivity contribution >= 4 is 45.9 Å². The number of rotatable bonds is 7. The van der Waals surface area contributed by atoms with Crippen LogP contribution in [0.25, 0.3) is 0 Å². The Kier molecular flexibility index (Phi) is 11.7. The summed E-state index contributed by atoms with van der Waals surface area (Å²) < 4.78 is 6.52. The minimum Gasteiger partial charge on any atom is -0.379 e. The van der Waals surface area contributed by atoms with Crippen LogP contribution < -0.4 is 5.32 Å². The van der Waals surface area contributed by atoms with E-state index in [4.69, 9.17) is 9.73 Å². The summed E-state index contributed by atoms with van der Waals surface area (Å²) in [6.45, 7) is 9.58. The molecule has 1 aromatic carbocycles. The predicted octanol–water partition coefficient (Wildman–Crippen LogP) is 3.19. The first-order valence-electron chi connectivity index (χ1n) is 8.73. The molecule has 7 heteroatoms. The SMILES string of the molecule is CCNC(=NCCCN1CCOCC1)N(C)Cc1ccccc1Br.I. The van der Waals surface area contributed by atoms with Crippen LogP contribution in [0.15, 0.2) is 33.7 Å². The highest BCUT2D eigenvalue weighted by atomic mass is 127. The van der Waals surface area contributed by atoms with Crippen molar-refractivity contribution < 1.29 is 4.74 Å². The molecule has 1 heterocycles. The van der Waals surface area contributed by atoms with Crippen LogP contribution in [0, 0.1) is 0 Å². The van der Waals surface area contributed by atoms with Gasteiger partial charge in [0.2, 0.25) is 0 Å². The fraction of sp³-hybridized carbons (Fsp3) is 0.611. The van der Waals surface area contributed by atoms with Crippen molar-refractivity contribution in [3.05, 3.63) is 34.3 Å². The van der Waals surface area contributed by atoms with E-state index < -0.39 is 0 Å². The Labute approximate surface area is 177 Å². The first kappa shape index (κ1) is 22.7. The zero-order valence-corrected chi connectivity index (χ0v) is 19.1. The topological polar surface area (TPSA) is 40.1 Å². The minimum atomic E-state index is 0. The summed E-state index contributed by atoms with van der Waals surface area (Å²) in [5.74, 6) is 0.968. The van der Waals surface area contributed by atoms with Crippen molar-refractivity contribution in [2.45, 2.75) is 19.9 Å². The number of nitrogens with one attached hydrogen (secondary N) is 1. The lowest BCUT2D eigenvalue weighted by Crippen LogP contribution is -2.39. The van der Waals surface area contributed by atoms with E-state index in [2.05, 4.69) is 63.2 Å². The van der Waals surface area contributed by atoms with E-state index >= 15 is 0 Å². The van der Waals surface area contributed by atoms with Crippen molar-refractivity contribution in [3.8, 4) is 0 Å². The number of halogens is 2. The van der Waals surface area contributed by atoms with Gasteiger partial charge in [0.05, 0.1) is 13.2 Å². The summed E-state index contributed by atoms with van der Waals surface area (Å²) in [4.78, 5) is 9.42. The lowest BCUT2D eigenvalue weighted by molar-refractivity contribution is 0.0377. The van der Waals surface area contributed by atoms with Gasteiger partial charge in [0.15, 0.2) is 5.96 Å². The first-order valence-corrected chi connectivity index (χ1v) is 9.53. The monoisotopic (exact) mass is 524 g/mol. The number of ether oxygens (including phenoxy) is 1. The third kappa shape index (κ3) is 8.23. The van der Waals surface area contributed by atoms with E-state index in [1.165, 1.54) is 5.56 Å². The normalized spacial score (nSPS) is 15.6. The number of morpholine rings is 1. The summed E-state index contributed by atoms with van der Waals surface area (Å²) >= 11 is 3.62. The summed E-state index contributed by atoms with van der Waals surface area (Å²) in [6, 6.07) is 8.33. The lowest BCUT2D eigenvalue weighted by Gasteiger charge is -2.26. The van der Waals surface area contributed by atoms with Gasteiger partial charge in [-0.25, -0.2) is 0 Å². The number of hydrogen-bond donors (Lipinski definition) is 1. The Morgan fingerprint density at radius 3 is 2.72 bits per heavy atom. The standard InChI is InChI=1S/C18H29BrN4O.HI/c1-3-20-18(21-9-6-10-23-11-13-24-14-12-23)22(2)15-16-7-4-5-8-17(16)19;/h4-5,7-8H,3,6,9-15H2,1-2H3,(H,20,21);1H. The maximum absolute atomic E-state index is 5.38. The van der Waals surface area contributed by atoms with Gasteiger partial charge in [-0.15, -0.1) is 24.0 Å². The molecule has 1 aliphatic rings. The molecular weight excluding hydrogens is 495 g/mol. The Morgan fingerprint density at radius 2 is 2.04 bits per heavy atom. The van der Waals surface area contributed by atoms with E-state index in [9.17, 15) is 0 Å². The third-order valence-electron chi connectivity index (χ3n) is 4.06. The second kappa shape index (κ2) is 12.9. The Morgan fingerprint density at radius 1 is 1.32 bits per heavy atom. The molecule has 0 amide bonds. The fourth-order valence-corrected chi connectivity index (χ4v) is 3.14. The maximum atomic E-state index is 5.38. The molecule has 5 nitrogen and oxygen atoms in total. The molecule has 25 heavy (non-hydrogen) atoms. The van der Waals surface area contributed by atoms with Crippen LogP contribution in [-0.2, 0) is 11.3 Å². The maximum Gasteiger partial charge on any atom is 0.193 e.